The SMILES string of the molecule is O=C(OC12CC3CC(C1)C1(OCC(C(F)(F)F)(C(F)(F)F)O1)C(C3)C2)c1ccc([S+](c2ccccc2)c2ccccc2)cc1. The van der Waals surface area contributed by atoms with Crippen LogP contribution >= 0.6 is 0 Å². The Labute approximate surface area is 253 Å². The summed E-state index contributed by atoms with van der Waals surface area (Å²) in [6.45, 7) is -1.63. The number of hydrogen-bond acceptors (Lipinski definition) is 4. The number of hydrogen-bond donors (Lipinski definition) is 0. The normalized spacial score (nSPS) is 30.7. The summed E-state index contributed by atoms with van der Waals surface area (Å²) in [7, 11) is -0.411. The molecule has 2 atom stereocenters. The molecule has 1 spiro atoms. The number of carbonyl (C=O) groups is 1. The molecule has 3 aromatic carbocycles. The molecule has 4 bridgehead atoms. The molecule has 44 heavy (non-hydrogen) atoms. The van der Waals surface area contributed by atoms with E-state index in [0.717, 1.165) is 14.7 Å². The van der Waals surface area contributed by atoms with Gasteiger partial charge in [0, 0.05) is 11.8 Å². The summed E-state index contributed by atoms with van der Waals surface area (Å²) in [5.74, 6) is -4.10. The van der Waals surface area contributed by atoms with Crippen LogP contribution in [0.15, 0.2) is 99.6 Å². The van der Waals surface area contributed by atoms with Crippen LogP contribution in [0.3, 0.4) is 0 Å². The van der Waals surface area contributed by atoms with E-state index in [4.69, 9.17) is 14.2 Å². The molecule has 5 aliphatic rings. The molecular formula is C33H29F6O4S+. The summed E-state index contributed by atoms with van der Waals surface area (Å²) in [4.78, 5) is 16.7. The maximum absolute atomic E-state index is 13.8. The maximum Gasteiger partial charge on any atom is 0.428 e. The Morgan fingerprint density at radius 1 is 0.727 bits per heavy atom. The average molecular weight is 636 g/mol. The van der Waals surface area contributed by atoms with Crippen LogP contribution in [0, 0.1) is 17.8 Å². The third kappa shape index (κ3) is 4.65. The highest BCUT2D eigenvalue weighted by Crippen LogP contribution is 2.67. The number of esters is 1. The molecular weight excluding hydrogens is 606 g/mol. The van der Waals surface area contributed by atoms with Crippen molar-refractivity contribution in [1.82, 2.24) is 0 Å². The van der Waals surface area contributed by atoms with Gasteiger partial charge in [-0.3, -0.25) is 0 Å². The lowest BCUT2D eigenvalue weighted by molar-refractivity contribution is -0.405. The smallest absolute Gasteiger partial charge is 0.428 e. The second-order valence-corrected chi connectivity index (χ2v) is 14.3. The van der Waals surface area contributed by atoms with Gasteiger partial charge in [0.25, 0.3) is 5.60 Å². The molecule has 2 unspecified atom stereocenters. The fourth-order valence-electron chi connectivity index (χ4n) is 7.87. The number of benzene rings is 3. The van der Waals surface area contributed by atoms with Gasteiger partial charge in [0.2, 0.25) is 0 Å². The number of alkyl halides is 6. The fourth-order valence-corrected chi connectivity index (χ4v) is 9.96. The number of ether oxygens (including phenoxy) is 3. The van der Waals surface area contributed by atoms with Gasteiger partial charge in [-0.2, -0.15) is 26.3 Å². The monoisotopic (exact) mass is 635 g/mol. The van der Waals surface area contributed by atoms with E-state index in [9.17, 15) is 31.1 Å². The van der Waals surface area contributed by atoms with E-state index in [1.54, 1.807) is 12.1 Å². The molecule has 1 aliphatic heterocycles. The Hall–Kier alpha value is -3.02. The van der Waals surface area contributed by atoms with Crippen LogP contribution in [0.2, 0.25) is 0 Å². The van der Waals surface area contributed by atoms with Crippen LogP contribution in [0.4, 0.5) is 26.3 Å². The molecule has 4 nitrogen and oxygen atoms in total. The first kappa shape index (κ1) is 29.7. The zero-order valence-electron chi connectivity index (χ0n) is 23.4. The molecule has 4 saturated carbocycles. The van der Waals surface area contributed by atoms with Gasteiger partial charge >= 0.3 is 18.3 Å². The van der Waals surface area contributed by atoms with E-state index in [0.29, 0.717) is 24.8 Å². The van der Waals surface area contributed by atoms with Crippen LogP contribution in [0.25, 0.3) is 0 Å². The Kier molecular flexibility index (Phi) is 6.91. The Morgan fingerprint density at radius 2 is 1.23 bits per heavy atom. The molecule has 3 aromatic rings. The lowest BCUT2D eigenvalue weighted by Crippen LogP contribution is -2.67. The summed E-state index contributed by atoms with van der Waals surface area (Å²) >= 11 is 0. The van der Waals surface area contributed by atoms with Crippen LogP contribution in [-0.2, 0) is 25.1 Å². The zero-order chi connectivity index (χ0) is 31.0. The van der Waals surface area contributed by atoms with Crippen molar-refractivity contribution >= 4 is 16.9 Å². The minimum Gasteiger partial charge on any atom is -0.455 e. The first-order valence-corrected chi connectivity index (χ1v) is 15.7. The van der Waals surface area contributed by atoms with Crippen LogP contribution in [0.5, 0.6) is 0 Å². The van der Waals surface area contributed by atoms with Crippen molar-refractivity contribution in [1.29, 1.82) is 0 Å². The molecule has 232 valence electrons. The quantitative estimate of drug-likeness (QED) is 0.161. The maximum atomic E-state index is 13.8. The van der Waals surface area contributed by atoms with Crippen molar-refractivity contribution in [2.24, 2.45) is 17.8 Å². The lowest BCUT2D eigenvalue weighted by Gasteiger charge is -2.62. The molecule has 11 heteroatoms. The number of halogens is 6. The van der Waals surface area contributed by atoms with E-state index in [1.165, 1.54) is 0 Å². The molecule has 1 saturated heterocycles. The minimum atomic E-state index is -5.69. The van der Waals surface area contributed by atoms with Crippen molar-refractivity contribution in [3.63, 3.8) is 0 Å². The van der Waals surface area contributed by atoms with Gasteiger partial charge < -0.3 is 14.2 Å². The second-order valence-electron chi connectivity index (χ2n) is 12.3. The average Bonchev–Trinajstić information content (AvgIpc) is 3.41. The van der Waals surface area contributed by atoms with Crippen LogP contribution < -0.4 is 0 Å². The Balaban J connectivity index is 1.11. The van der Waals surface area contributed by atoms with Gasteiger partial charge in [-0.05, 0) is 86.6 Å². The molecule has 0 aromatic heterocycles. The summed E-state index contributed by atoms with van der Waals surface area (Å²) in [6, 6.07) is 27.3. The van der Waals surface area contributed by atoms with E-state index < -0.39 is 64.6 Å². The van der Waals surface area contributed by atoms with Gasteiger partial charge in [-0.1, -0.05) is 36.4 Å². The molecule has 1 heterocycles. The number of rotatable bonds is 5. The van der Waals surface area contributed by atoms with Crippen molar-refractivity contribution in [3.8, 4) is 0 Å². The van der Waals surface area contributed by atoms with E-state index in [-0.39, 0.29) is 18.8 Å². The molecule has 0 amide bonds. The Bertz CT molecular complexity index is 1460. The molecule has 5 fully saturated rings. The third-order valence-electron chi connectivity index (χ3n) is 9.61. The predicted molar refractivity (Wildman–Crippen MR) is 148 cm³/mol. The molecule has 4 aliphatic carbocycles. The van der Waals surface area contributed by atoms with Gasteiger partial charge in [-0.25, -0.2) is 4.79 Å². The topological polar surface area (TPSA) is 44.8 Å². The highest BCUT2D eigenvalue weighted by atomic mass is 32.2. The highest BCUT2D eigenvalue weighted by Gasteiger charge is 2.81. The van der Waals surface area contributed by atoms with Crippen LogP contribution in [-0.4, -0.2) is 41.9 Å². The molecule has 8 rings (SSSR count). The van der Waals surface area contributed by atoms with Gasteiger partial charge in [0.05, 0.1) is 23.1 Å². The van der Waals surface area contributed by atoms with Gasteiger partial charge in [0.1, 0.15) is 5.60 Å². The second kappa shape index (κ2) is 10.3. The summed E-state index contributed by atoms with van der Waals surface area (Å²) < 4.78 is 99.5. The summed E-state index contributed by atoms with van der Waals surface area (Å²) in [5.41, 5.74) is -5.05. The number of carbonyl (C=O) groups excluding carboxylic acids is 1. The van der Waals surface area contributed by atoms with E-state index in [1.807, 2.05) is 48.5 Å². The molecule has 0 N–H and O–H groups in total. The zero-order valence-corrected chi connectivity index (χ0v) is 24.2. The van der Waals surface area contributed by atoms with Crippen molar-refractivity contribution in [3.05, 3.63) is 90.5 Å². The Morgan fingerprint density at radius 3 is 1.70 bits per heavy atom. The van der Waals surface area contributed by atoms with Crippen LogP contribution in [0.1, 0.15) is 42.5 Å². The first-order chi connectivity index (χ1) is 20.8. The summed E-state index contributed by atoms with van der Waals surface area (Å²) in [6.07, 6.45) is -9.99. The molecule has 0 radical (unpaired) electrons. The van der Waals surface area contributed by atoms with Gasteiger partial charge in [0.15, 0.2) is 20.5 Å². The largest absolute Gasteiger partial charge is 0.455 e. The standard InChI is InChI=1S/C33H29F6O4S/c34-32(35,36)30(33(37,38)39)20-41-31(43-30)23-15-21-16-24(31)19-29(17-21,18-23)42-28(40)22-11-13-27(14-12-22)44(25-7-3-1-4-8-25)26-9-5-2-6-10-26/h1-14,21,23-24H,15-20H2/q+1. The van der Waals surface area contributed by atoms with E-state index in [2.05, 4.69) is 24.3 Å². The van der Waals surface area contributed by atoms with E-state index >= 15 is 0 Å². The lowest BCUT2D eigenvalue weighted by atomic mass is 9.51. The third-order valence-corrected chi connectivity index (χ3v) is 11.8. The van der Waals surface area contributed by atoms with Crippen molar-refractivity contribution < 1.29 is 45.3 Å². The first-order valence-electron chi connectivity index (χ1n) is 14.5. The van der Waals surface area contributed by atoms with Gasteiger partial charge in [-0.15, -0.1) is 0 Å². The predicted octanol–water partition coefficient (Wildman–Crippen LogP) is 8.12. The minimum absolute atomic E-state index is 0.00835. The van der Waals surface area contributed by atoms with Crippen molar-refractivity contribution in [2.75, 3.05) is 6.61 Å². The highest BCUT2D eigenvalue weighted by molar-refractivity contribution is 7.97. The summed E-state index contributed by atoms with van der Waals surface area (Å²) in [5, 5.41) is 0. The fraction of sp³-hybridized carbons (Fsp3) is 0.424. The van der Waals surface area contributed by atoms with Crippen molar-refractivity contribution in [2.45, 2.75) is 76.1 Å².